The quantitative estimate of drug-likeness (QED) is 0.128. The van der Waals surface area contributed by atoms with E-state index in [1.54, 1.807) is 83.1 Å². The molecule has 0 atom stereocenters. The zero-order chi connectivity index (χ0) is 67.6. The first-order valence-corrected chi connectivity index (χ1v) is 32.6. The van der Waals surface area contributed by atoms with E-state index in [4.69, 9.17) is 5.14 Å². The number of nitrogens with zero attached hydrogens (tertiary/aromatic N) is 14. The number of sulfonamides is 3. The Morgan fingerprint density at radius 3 is 0.979 bits per heavy atom. The van der Waals surface area contributed by atoms with Gasteiger partial charge in [0.25, 0.3) is 17.7 Å². The maximum absolute atomic E-state index is 12.9. The van der Waals surface area contributed by atoms with E-state index in [0.717, 1.165) is 24.0 Å². The monoisotopic (exact) mass is 1370 g/mol. The second kappa shape index (κ2) is 29.7. The Hall–Kier alpha value is -9.48. The van der Waals surface area contributed by atoms with E-state index in [2.05, 4.69) is 55.3 Å². The van der Waals surface area contributed by atoms with Crippen LogP contribution in [0, 0.1) is 0 Å². The first-order valence-electron chi connectivity index (χ1n) is 28.2. The van der Waals surface area contributed by atoms with Crippen LogP contribution < -0.4 is 110 Å². The van der Waals surface area contributed by atoms with Gasteiger partial charge in [0.05, 0.1) is 78.8 Å². The molecule has 6 aromatic carbocycles. The summed E-state index contributed by atoms with van der Waals surface area (Å²) in [6, 6.07) is 39.3. The molecule has 3 aromatic heterocycles. The molecular formula is C62H58N18Na2O11S3. The average molecular weight is 1370 g/mol. The Bertz CT molecular complexity index is 4850. The zero-order valence-electron chi connectivity index (χ0n) is 53.3. The first-order chi connectivity index (χ1) is 44.6. The summed E-state index contributed by atoms with van der Waals surface area (Å²) < 4.78 is 77.6. The number of nitrogens with two attached hydrogens (primary N) is 1. The van der Waals surface area contributed by atoms with Crippen LogP contribution in [0.2, 0.25) is 0 Å². The number of amides is 5. The minimum absolute atomic E-state index is 0. The van der Waals surface area contributed by atoms with Crippen molar-refractivity contribution in [1.82, 2.24) is 29.9 Å². The predicted octanol–water partition coefficient (Wildman–Crippen LogP) is 3.00. The number of aromatic nitrogens is 6. The third-order valence-electron chi connectivity index (χ3n) is 14.7. The maximum Gasteiger partial charge on any atom is 1.00 e. The van der Waals surface area contributed by atoms with Crippen LogP contribution in [0.25, 0.3) is 9.44 Å². The minimum Gasteiger partial charge on any atom is -0.542 e. The molecule has 0 fully saturated rings. The van der Waals surface area contributed by atoms with Gasteiger partial charge in [-0.25, -0.2) is 45.3 Å². The number of anilines is 15. The van der Waals surface area contributed by atoms with Gasteiger partial charge >= 0.3 is 59.1 Å². The second-order valence-electron chi connectivity index (χ2n) is 20.9. The minimum atomic E-state index is -4.05. The largest absolute Gasteiger partial charge is 1.00 e. The molecule has 5 N–H and O–H groups in total. The van der Waals surface area contributed by atoms with Gasteiger partial charge in [0, 0.05) is 59.3 Å². The molecule has 3 aliphatic heterocycles. The summed E-state index contributed by atoms with van der Waals surface area (Å²) in [5, 5.41) is 14.2. The molecular weight excluding hydrogens is 1310 g/mol. The molecule has 96 heavy (non-hydrogen) atoms. The number of benzene rings is 6. The molecule has 29 nitrogen and oxygen atoms in total. The van der Waals surface area contributed by atoms with Crippen molar-refractivity contribution in [3.8, 4) is 0 Å². The van der Waals surface area contributed by atoms with Crippen molar-refractivity contribution in [2.45, 2.75) is 35.0 Å². The molecule has 0 bridgehead atoms. The Kier molecular flexibility index (Phi) is 22.4. The number of para-hydroxylation sites is 3. The number of hydrogen-bond donors (Lipinski definition) is 4. The van der Waals surface area contributed by atoms with Crippen molar-refractivity contribution in [2.75, 3.05) is 87.6 Å². The number of fused-ring (bicyclic) bond motifs is 6. The van der Waals surface area contributed by atoms with Gasteiger partial charge < -0.3 is 64.4 Å². The van der Waals surface area contributed by atoms with Crippen molar-refractivity contribution in [2.24, 2.45) is 5.14 Å². The summed E-state index contributed by atoms with van der Waals surface area (Å²) in [6.07, 6.45) is 4.69. The van der Waals surface area contributed by atoms with Gasteiger partial charge in [0.1, 0.15) is 37.1 Å². The van der Waals surface area contributed by atoms with Crippen molar-refractivity contribution < 1.29 is 108 Å². The number of rotatable bonds is 12. The normalized spacial score (nSPS) is 13.0. The van der Waals surface area contributed by atoms with Gasteiger partial charge in [-0.15, -0.1) is 0 Å². The van der Waals surface area contributed by atoms with E-state index in [1.807, 2.05) is 84.4 Å². The van der Waals surface area contributed by atoms with Gasteiger partial charge in [0.15, 0.2) is 17.5 Å². The van der Waals surface area contributed by atoms with E-state index in [0.29, 0.717) is 74.2 Å². The molecule has 9 aromatic rings. The molecule has 34 heteroatoms. The Labute approximate surface area is 597 Å². The standard InChI is InChI=1S/C22H22N6O4S.C21H20N6O4S.C19H18N6O3S.2Na/c1-4-19(29)26-33(31,32)15-11-9-14(10-12-15)24-22-23-13-18-20(25-22)27(2)17-8-6-5-7-16(17)21(30)28(18)3;1-13(28)25-32(30,31)15-10-8-14(9-11-15)23-21-22-12-18-19(24-21)26(2)17-7-5-4-6-16(17)20(29)27(18)3;1-24-15-6-4-3-5-14(15)18(26)25(2)16-11-21-19(23-17(16)24)22-12-7-9-13(10-8-12)29(20,27)28;;/h5-13H,4H2,1-3H3,(H2,23,24,25,26,29);4-12H,1-3H3,(H2,22,23,24,25,28);3-11H,1-2H3,(H2,20,27,28)(H,21,22,23);;/q;;;2*+1/p-2. The summed E-state index contributed by atoms with van der Waals surface area (Å²) in [5.41, 5.74) is 7.20. The SMILES string of the molecule is CC(=O)[N-]S(=O)(=O)c1ccc(Nc2ncc3c(n2)N(C)c2ccccc2C(=O)N3C)cc1.CCC(=O)[N-]S(=O)(=O)c1ccc(Nc2ncc3c(n2)N(C)c2ccccc2C(=O)N3C)cc1.CN1C(=O)c2ccccc2N(C)c2nc(Nc3ccc(S(N)(=O)=O)cc3)ncc21.[Na+].[Na+]. The summed E-state index contributed by atoms with van der Waals surface area (Å²) in [6.45, 7) is 2.61. The van der Waals surface area contributed by atoms with E-state index >= 15 is 0 Å². The van der Waals surface area contributed by atoms with Crippen molar-refractivity contribution in [3.63, 3.8) is 0 Å². The van der Waals surface area contributed by atoms with Crippen LogP contribution in [0.3, 0.4) is 0 Å². The smallest absolute Gasteiger partial charge is 0.542 e. The van der Waals surface area contributed by atoms with Crippen LogP contribution in [0.4, 0.5) is 86.5 Å². The van der Waals surface area contributed by atoms with E-state index in [-0.39, 0.29) is 110 Å². The Morgan fingerprint density at radius 2 is 0.698 bits per heavy atom. The average Bonchev–Trinajstić information content (AvgIpc) is 1.65. The zero-order valence-corrected chi connectivity index (χ0v) is 59.8. The number of carbonyl (C=O) groups excluding carboxylic acids is 5. The number of nitrogens with one attached hydrogen (secondary N) is 3. The number of carbonyl (C=O) groups is 5. The van der Waals surface area contributed by atoms with Gasteiger partial charge in [-0.2, -0.15) is 15.0 Å². The molecule has 0 saturated heterocycles. The van der Waals surface area contributed by atoms with Gasteiger partial charge in [-0.1, -0.05) is 43.3 Å². The predicted molar refractivity (Wildman–Crippen MR) is 355 cm³/mol. The van der Waals surface area contributed by atoms with Crippen LogP contribution in [0.1, 0.15) is 51.3 Å². The molecule has 0 radical (unpaired) electrons. The molecule has 0 unspecified atom stereocenters. The molecule has 0 aliphatic carbocycles. The summed E-state index contributed by atoms with van der Waals surface area (Å²) in [5.74, 6) is 0.490. The maximum atomic E-state index is 12.9. The second-order valence-corrected chi connectivity index (χ2v) is 25.7. The van der Waals surface area contributed by atoms with Crippen LogP contribution in [0.15, 0.2) is 179 Å². The Balaban J connectivity index is 0.000000183. The third-order valence-corrected chi connectivity index (χ3v) is 18.3. The molecule has 6 heterocycles. The molecule has 482 valence electrons. The van der Waals surface area contributed by atoms with Gasteiger partial charge in [-0.3, -0.25) is 14.4 Å². The number of primary sulfonamides is 1. The first kappa shape index (κ1) is 72.4. The van der Waals surface area contributed by atoms with Gasteiger partial charge in [-0.05, 0) is 123 Å². The molecule has 5 amide bonds. The number of hydrogen-bond acceptors (Lipinski definition) is 23. The molecule has 3 aliphatic rings. The fourth-order valence-electron chi connectivity index (χ4n) is 9.79. The summed E-state index contributed by atoms with van der Waals surface area (Å²) in [4.78, 5) is 97.4. The van der Waals surface area contributed by atoms with Crippen molar-refractivity contribution in [1.29, 1.82) is 0 Å². The van der Waals surface area contributed by atoms with Crippen LogP contribution >= 0.6 is 0 Å². The fraction of sp³-hybridized carbons (Fsp3) is 0.145. The van der Waals surface area contributed by atoms with Crippen molar-refractivity contribution in [3.05, 3.63) is 190 Å². The Morgan fingerprint density at radius 1 is 0.417 bits per heavy atom. The van der Waals surface area contributed by atoms with E-state index in [1.165, 1.54) is 75.4 Å². The van der Waals surface area contributed by atoms with Gasteiger partial charge in [0.2, 0.25) is 27.9 Å². The van der Waals surface area contributed by atoms with Crippen LogP contribution in [-0.4, -0.2) is 127 Å². The van der Waals surface area contributed by atoms with Crippen LogP contribution in [0.5, 0.6) is 0 Å². The topological polar surface area (TPSA) is 375 Å². The van der Waals surface area contributed by atoms with Crippen molar-refractivity contribution >= 4 is 146 Å². The van der Waals surface area contributed by atoms with Crippen LogP contribution in [-0.2, 0) is 39.7 Å². The summed E-state index contributed by atoms with van der Waals surface area (Å²) in [7, 11) is -1.36. The summed E-state index contributed by atoms with van der Waals surface area (Å²) >= 11 is 0. The third kappa shape index (κ3) is 15.6. The van der Waals surface area contributed by atoms with E-state index in [9.17, 15) is 49.2 Å². The molecule has 0 spiro atoms. The fourth-order valence-corrected chi connectivity index (χ4v) is 12.2. The van der Waals surface area contributed by atoms with E-state index < -0.39 is 41.9 Å². The molecule has 12 rings (SSSR count). The molecule has 0 saturated carbocycles.